The van der Waals surface area contributed by atoms with Gasteiger partial charge in [0.25, 0.3) is 0 Å². The standard InChI is InChI=1S/C33H49N3O6/c1-20(2)10-11-23(6)36(29(30(39)34-21(3)4)25-14-17-28(38)22(5)18-25)31(40)27(35-32(41)42-33(7,8)9)19-24-12-15-26(37)16-13-24/h12-18,20-21,23,27,29,37-38H,10-11,19H2,1-9H3,(H,34,39)(H,35,41). The Morgan fingerprint density at radius 2 is 1.52 bits per heavy atom. The minimum atomic E-state index is -1.07. The zero-order valence-electron chi connectivity index (χ0n) is 26.5. The maximum absolute atomic E-state index is 14.6. The van der Waals surface area contributed by atoms with Crippen LogP contribution in [0.1, 0.15) is 91.0 Å². The molecule has 3 amide bonds. The minimum absolute atomic E-state index is 0.0822. The molecule has 2 rings (SSSR count). The number of aromatic hydroxyl groups is 2. The van der Waals surface area contributed by atoms with E-state index in [4.69, 9.17) is 4.74 Å². The smallest absolute Gasteiger partial charge is 0.408 e. The molecule has 0 saturated carbocycles. The van der Waals surface area contributed by atoms with Crippen molar-refractivity contribution in [3.63, 3.8) is 0 Å². The molecule has 0 bridgehead atoms. The first-order valence-electron chi connectivity index (χ1n) is 14.7. The number of amides is 3. The summed E-state index contributed by atoms with van der Waals surface area (Å²) in [5, 5.41) is 25.7. The molecule has 42 heavy (non-hydrogen) atoms. The number of hydrogen-bond acceptors (Lipinski definition) is 6. The highest BCUT2D eigenvalue weighted by Crippen LogP contribution is 2.31. The van der Waals surface area contributed by atoms with Gasteiger partial charge in [0.2, 0.25) is 11.8 Å². The molecule has 0 fully saturated rings. The third kappa shape index (κ3) is 10.6. The highest BCUT2D eigenvalue weighted by molar-refractivity contribution is 5.92. The van der Waals surface area contributed by atoms with Gasteiger partial charge in [0.1, 0.15) is 29.2 Å². The van der Waals surface area contributed by atoms with Crippen molar-refractivity contribution in [2.24, 2.45) is 5.92 Å². The fourth-order valence-corrected chi connectivity index (χ4v) is 4.66. The maximum Gasteiger partial charge on any atom is 0.408 e. The van der Waals surface area contributed by atoms with Gasteiger partial charge in [-0.3, -0.25) is 9.59 Å². The van der Waals surface area contributed by atoms with E-state index in [9.17, 15) is 24.6 Å². The Hall–Kier alpha value is -3.75. The van der Waals surface area contributed by atoms with Crippen molar-refractivity contribution >= 4 is 17.9 Å². The highest BCUT2D eigenvalue weighted by atomic mass is 16.6. The summed E-state index contributed by atoms with van der Waals surface area (Å²) in [6.45, 7) is 16.8. The van der Waals surface area contributed by atoms with Gasteiger partial charge in [-0.1, -0.05) is 32.0 Å². The van der Waals surface area contributed by atoms with Crippen molar-refractivity contribution in [2.75, 3.05) is 0 Å². The van der Waals surface area contributed by atoms with E-state index in [1.807, 2.05) is 20.8 Å². The van der Waals surface area contributed by atoms with E-state index in [-0.39, 0.29) is 35.9 Å². The van der Waals surface area contributed by atoms with Crippen LogP contribution in [0.3, 0.4) is 0 Å². The number of phenols is 2. The number of carbonyl (C=O) groups excluding carboxylic acids is 3. The fraction of sp³-hybridized carbons (Fsp3) is 0.545. The molecule has 0 saturated heterocycles. The lowest BCUT2D eigenvalue weighted by molar-refractivity contribution is -0.145. The van der Waals surface area contributed by atoms with Crippen LogP contribution >= 0.6 is 0 Å². The summed E-state index contributed by atoms with van der Waals surface area (Å²) in [5.41, 5.74) is 1.04. The van der Waals surface area contributed by atoms with Crippen LogP contribution in [0, 0.1) is 12.8 Å². The summed E-state index contributed by atoms with van der Waals surface area (Å²) in [4.78, 5) is 43.0. The number of phenolic OH excluding ortho intramolecular Hbond substituents is 2. The van der Waals surface area contributed by atoms with E-state index < -0.39 is 29.7 Å². The van der Waals surface area contributed by atoms with E-state index >= 15 is 0 Å². The molecule has 9 heteroatoms. The Morgan fingerprint density at radius 1 is 0.905 bits per heavy atom. The predicted octanol–water partition coefficient (Wildman–Crippen LogP) is 5.76. The highest BCUT2D eigenvalue weighted by Gasteiger charge is 2.39. The van der Waals surface area contributed by atoms with Crippen molar-refractivity contribution in [1.82, 2.24) is 15.5 Å². The number of alkyl carbamates (subject to hydrolysis) is 1. The van der Waals surface area contributed by atoms with Crippen LogP contribution in [0.5, 0.6) is 11.5 Å². The minimum Gasteiger partial charge on any atom is -0.508 e. The van der Waals surface area contributed by atoms with Crippen molar-refractivity contribution in [3.8, 4) is 11.5 Å². The van der Waals surface area contributed by atoms with Gasteiger partial charge in [-0.05, 0) is 108 Å². The van der Waals surface area contributed by atoms with Gasteiger partial charge in [0, 0.05) is 18.5 Å². The fourth-order valence-electron chi connectivity index (χ4n) is 4.66. The van der Waals surface area contributed by atoms with Crippen molar-refractivity contribution < 1.29 is 29.3 Å². The molecule has 0 spiro atoms. The average molecular weight is 584 g/mol. The van der Waals surface area contributed by atoms with Gasteiger partial charge in [-0.2, -0.15) is 0 Å². The van der Waals surface area contributed by atoms with E-state index in [0.29, 0.717) is 29.0 Å². The van der Waals surface area contributed by atoms with Crippen molar-refractivity contribution in [1.29, 1.82) is 0 Å². The summed E-state index contributed by atoms with van der Waals surface area (Å²) < 4.78 is 5.50. The average Bonchev–Trinajstić information content (AvgIpc) is 2.86. The van der Waals surface area contributed by atoms with Crippen molar-refractivity contribution in [2.45, 2.75) is 111 Å². The monoisotopic (exact) mass is 583 g/mol. The Kier molecular flexibility index (Phi) is 12.3. The molecule has 0 aliphatic carbocycles. The number of carbonyl (C=O) groups is 3. The van der Waals surface area contributed by atoms with Gasteiger partial charge in [0.15, 0.2) is 0 Å². The molecule has 0 aliphatic heterocycles. The van der Waals surface area contributed by atoms with E-state index in [2.05, 4.69) is 24.5 Å². The lowest BCUT2D eigenvalue weighted by atomic mass is 9.95. The number of hydrogen-bond donors (Lipinski definition) is 4. The molecule has 0 aliphatic rings. The summed E-state index contributed by atoms with van der Waals surface area (Å²) in [5.74, 6) is -0.265. The van der Waals surface area contributed by atoms with Crippen molar-refractivity contribution in [3.05, 3.63) is 59.2 Å². The molecular weight excluding hydrogens is 534 g/mol. The van der Waals surface area contributed by atoms with Gasteiger partial charge in [0.05, 0.1) is 0 Å². The van der Waals surface area contributed by atoms with E-state index in [1.165, 1.54) is 18.2 Å². The molecule has 9 nitrogen and oxygen atoms in total. The summed E-state index contributed by atoms with van der Waals surface area (Å²) in [6, 6.07) is 8.64. The van der Waals surface area contributed by atoms with Gasteiger partial charge < -0.3 is 30.5 Å². The largest absolute Gasteiger partial charge is 0.508 e. The first kappa shape index (κ1) is 34.5. The molecule has 3 atom stereocenters. The van der Waals surface area contributed by atoms with Crippen LogP contribution in [-0.4, -0.2) is 56.7 Å². The van der Waals surface area contributed by atoms with Crippen LogP contribution in [0.4, 0.5) is 4.79 Å². The van der Waals surface area contributed by atoms with Gasteiger partial charge in [-0.15, -0.1) is 0 Å². The first-order valence-corrected chi connectivity index (χ1v) is 14.7. The first-order chi connectivity index (χ1) is 19.5. The Balaban J connectivity index is 2.68. The SMILES string of the molecule is Cc1cc(C(C(=O)NC(C)C)N(C(=O)C(Cc2ccc(O)cc2)NC(=O)OC(C)(C)C)C(C)CCC(C)C)ccc1O. The number of benzene rings is 2. The molecule has 0 heterocycles. The van der Waals surface area contributed by atoms with Gasteiger partial charge >= 0.3 is 6.09 Å². The molecular formula is C33H49N3O6. The second kappa shape index (κ2) is 14.9. The molecule has 3 unspecified atom stereocenters. The third-order valence-corrected chi connectivity index (χ3v) is 6.75. The number of nitrogens with one attached hydrogen (secondary N) is 2. The van der Waals surface area contributed by atoms with E-state index in [0.717, 1.165) is 6.42 Å². The molecule has 0 radical (unpaired) electrons. The summed E-state index contributed by atoms with van der Waals surface area (Å²) in [6.07, 6.45) is 0.807. The Labute approximate surface area is 250 Å². The summed E-state index contributed by atoms with van der Waals surface area (Å²) in [7, 11) is 0. The zero-order chi connectivity index (χ0) is 31.8. The lowest BCUT2D eigenvalue weighted by Gasteiger charge is -2.39. The lowest BCUT2D eigenvalue weighted by Crippen LogP contribution is -2.56. The number of rotatable bonds is 12. The second-order valence-electron chi connectivity index (χ2n) is 12.7. The molecule has 4 N–H and O–H groups in total. The normalized spacial score (nSPS) is 13.8. The Morgan fingerprint density at radius 3 is 2.05 bits per heavy atom. The number of ether oxygens (including phenoxy) is 1. The Bertz CT molecular complexity index is 1200. The van der Waals surface area contributed by atoms with Crippen LogP contribution in [0.25, 0.3) is 0 Å². The van der Waals surface area contributed by atoms with Gasteiger partial charge in [-0.25, -0.2) is 4.79 Å². The third-order valence-electron chi connectivity index (χ3n) is 6.75. The van der Waals surface area contributed by atoms with Crippen LogP contribution in [0.15, 0.2) is 42.5 Å². The summed E-state index contributed by atoms with van der Waals surface area (Å²) >= 11 is 0. The number of nitrogens with zero attached hydrogens (tertiary/aromatic N) is 1. The second-order valence-corrected chi connectivity index (χ2v) is 12.7. The molecule has 0 aromatic heterocycles. The van der Waals surface area contributed by atoms with Crippen LogP contribution in [0.2, 0.25) is 0 Å². The van der Waals surface area contributed by atoms with Crippen LogP contribution < -0.4 is 10.6 Å². The topological polar surface area (TPSA) is 128 Å². The van der Waals surface area contributed by atoms with Crippen LogP contribution in [-0.2, 0) is 20.7 Å². The predicted molar refractivity (Wildman–Crippen MR) is 164 cm³/mol. The zero-order valence-corrected chi connectivity index (χ0v) is 26.5. The number of aryl methyl sites for hydroxylation is 1. The quantitative estimate of drug-likeness (QED) is 0.252. The molecule has 2 aromatic rings. The molecule has 232 valence electrons. The maximum atomic E-state index is 14.6. The van der Waals surface area contributed by atoms with E-state index in [1.54, 1.807) is 56.9 Å². The molecule has 2 aromatic carbocycles.